The molecule has 3 nitrogen and oxygen atoms in total. The molecule has 0 amide bonds. The highest BCUT2D eigenvalue weighted by Crippen LogP contribution is 2.29. The Bertz CT molecular complexity index is 901. The quantitative estimate of drug-likeness (QED) is 0.687. The van der Waals surface area contributed by atoms with E-state index in [9.17, 15) is 9.90 Å². The van der Waals surface area contributed by atoms with Gasteiger partial charge in [-0.2, -0.15) is 0 Å². The topological polar surface area (TPSA) is 50.2 Å². The number of carboxylic acid groups (broad SMARTS) is 1. The van der Waals surface area contributed by atoms with Gasteiger partial charge in [0.2, 0.25) is 0 Å². The van der Waals surface area contributed by atoms with Gasteiger partial charge < -0.3 is 5.11 Å². The number of aromatic nitrogens is 1. The fourth-order valence-electron chi connectivity index (χ4n) is 2.82. The zero-order valence-corrected chi connectivity index (χ0v) is 14.3. The van der Waals surface area contributed by atoms with Gasteiger partial charge in [-0.3, -0.25) is 0 Å². The lowest BCUT2D eigenvalue weighted by Crippen LogP contribution is -2.00. The molecule has 0 bridgehead atoms. The van der Waals surface area contributed by atoms with Crippen molar-refractivity contribution in [2.75, 3.05) is 0 Å². The van der Waals surface area contributed by atoms with E-state index in [1.54, 1.807) is 24.3 Å². The first-order valence-corrected chi connectivity index (χ1v) is 8.25. The van der Waals surface area contributed by atoms with Gasteiger partial charge in [0.15, 0.2) is 0 Å². The van der Waals surface area contributed by atoms with Gasteiger partial charge in [-0.05, 0) is 30.0 Å². The monoisotopic (exact) mass is 339 g/mol. The van der Waals surface area contributed by atoms with Crippen molar-refractivity contribution in [1.29, 1.82) is 0 Å². The molecule has 0 spiro atoms. The van der Waals surface area contributed by atoms with Crippen LogP contribution in [0, 0.1) is 5.92 Å². The summed E-state index contributed by atoms with van der Waals surface area (Å²) < 4.78 is 0. The molecule has 2 aromatic carbocycles. The number of fused-ring (bicyclic) bond motifs is 1. The number of halogens is 1. The van der Waals surface area contributed by atoms with Gasteiger partial charge in [0.05, 0.1) is 21.8 Å². The molecule has 0 aliphatic carbocycles. The average molecular weight is 340 g/mol. The second-order valence-corrected chi connectivity index (χ2v) is 6.70. The van der Waals surface area contributed by atoms with E-state index in [1.165, 1.54) is 5.56 Å². The van der Waals surface area contributed by atoms with E-state index >= 15 is 0 Å². The molecule has 0 atom stereocenters. The number of nitrogens with zero attached hydrogens (tertiary/aromatic N) is 1. The maximum absolute atomic E-state index is 11.6. The third kappa shape index (κ3) is 3.26. The van der Waals surface area contributed by atoms with Gasteiger partial charge in [-0.15, -0.1) is 0 Å². The molecule has 4 heteroatoms. The van der Waals surface area contributed by atoms with Gasteiger partial charge in [0.25, 0.3) is 0 Å². The van der Waals surface area contributed by atoms with Crippen molar-refractivity contribution < 1.29 is 9.90 Å². The number of hydrogen-bond acceptors (Lipinski definition) is 2. The molecule has 0 fully saturated rings. The predicted molar refractivity (Wildman–Crippen MR) is 97.7 cm³/mol. The van der Waals surface area contributed by atoms with Crippen molar-refractivity contribution in [3.8, 4) is 11.3 Å². The SMILES string of the molecule is CC(C)Cc1ccc(-c2cc(C(=O)O)c3cccc(Cl)c3n2)cc1. The molecule has 0 saturated heterocycles. The molecule has 3 rings (SSSR count). The maximum atomic E-state index is 11.6. The highest BCUT2D eigenvalue weighted by Gasteiger charge is 2.14. The van der Waals surface area contributed by atoms with Crippen molar-refractivity contribution in [3.05, 3.63) is 64.7 Å². The lowest BCUT2D eigenvalue weighted by molar-refractivity contribution is 0.0699. The second-order valence-electron chi connectivity index (χ2n) is 6.29. The number of hydrogen-bond donors (Lipinski definition) is 1. The van der Waals surface area contributed by atoms with Crippen LogP contribution in [0.5, 0.6) is 0 Å². The Balaban J connectivity index is 2.12. The number of para-hydroxylation sites is 1. The summed E-state index contributed by atoms with van der Waals surface area (Å²) in [5.74, 6) is -0.394. The molecule has 0 saturated carbocycles. The van der Waals surface area contributed by atoms with Gasteiger partial charge in [-0.1, -0.05) is 61.8 Å². The van der Waals surface area contributed by atoms with Crippen LogP contribution < -0.4 is 0 Å². The third-order valence-corrected chi connectivity index (χ3v) is 4.22. The first-order chi connectivity index (χ1) is 11.5. The summed E-state index contributed by atoms with van der Waals surface area (Å²) in [4.78, 5) is 16.2. The van der Waals surface area contributed by atoms with Gasteiger partial charge in [0, 0.05) is 10.9 Å². The third-order valence-electron chi connectivity index (χ3n) is 3.91. The van der Waals surface area contributed by atoms with Crippen LogP contribution in [0.4, 0.5) is 0 Å². The number of carboxylic acids is 1. The largest absolute Gasteiger partial charge is 0.478 e. The Labute approximate surface area is 145 Å². The van der Waals surface area contributed by atoms with E-state index in [4.69, 9.17) is 11.6 Å². The highest BCUT2D eigenvalue weighted by molar-refractivity contribution is 6.35. The summed E-state index contributed by atoms with van der Waals surface area (Å²) in [6, 6.07) is 14.9. The van der Waals surface area contributed by atoms with Gasteiger partial charge >= 0.3 is 5.97 Å². The van der Waals surface area contributed by atoms with E-state index in [2.05, 4.69) is 31.0 Å². The first kappa shape index (κ1) is 16.5. The summed E-state index contributed by atoms with van der Waals surface area (Å²) in [7, 11) is 0. The molecule has 0 unspecified atom stereocenters. The molecule has 0 aliphatic heterocycles. The van der Waals surface area contributed by atoms with Crippen LogP contribution in [0.1, 0.15) is 29.8 Å². The predicted octanol–water partition coefficient (Wildman–Crippen LogP) is 5.45. The van der Waals surface area contributed by atoms with Crippen LogP contribution in [0.25, 0.3) is 22.2 Å². The smallest absolute Gasteiger partial charge is 0.336 e. The van der Waals surface area contributed by atoms with Crippen molar-refractivity contribution >= 4 is 28.5 Å². The Morgan fingerprint density at radius 3 is 2.50 bits per heavy atom. The molecule has 1 heterocycles. The minimum Gasteiger partial charge on any atom is -0.478 e. The second kappa shape index (κ2) is 6.62. The van der Waals surface area contributed by atoms with E-state index in [0.717, 1.165) is 12.0 Å². The molecular formula is C20H18ClNO2. The van der Waals surface area contributed by atoms with Crippen LogP contribution >= 0.6 is 11.6 Å². The zero-order chi connectivity index (χ0) is 17.3. The molecule has 1 aromatic heterocycles. The van der Waals surface area contributed by atoms with Gasteiger partial charge in [-0.25, -0.2) is 9.78 Å². The lowest BCUT2D eigenvalue weighted by atomic mass is 9.99. The zero-order valence-electron chi connectivity index (χ0n) is 13.6. The fraction of sp³-hybridized carbons (Fsp3) is 0.200. The minimum atomic E-state index is -0.984. The van der Waals surface area contributed by atoms with Crippen molar-refractivity contribution in [2.24, 2.45) is 5.92 Å². The van der Waals surface area contributed by atoms with E-state index in [1.807, 2.05) is 12.1 Å². The van der Waals surface area contributed by atoms with E-state index in [0.29, 0.717) is 27.5 Å². The molecule has 0 aliphatic rings. The summed E-state index contributed by atoms with van der Waals surface area (Å²) >= 11 is 6.22. The summed E-state index contributed by atoms with van der Waals surface area (Å²) in [5, 5.41) is 10.5. The molecular weight excluding hydrogens is 322 g/mol. The maximum Gasteiger partial charge on any atom is 0.336 e. The van der Waals surface area contributed by atoms with Crippen LogP contribution in [-0.4, -0.2) is 16.1 Å². The van der Waals surface area contributed by atoms with E-state index in [-0.39, 0.29) is 5.56 Å². The number of benzene rings is 2. The Morgan fingerprint density at radius 2 is 1.88 bits per heavy atom. The molecule has 0 radical (unpaired) electrons. The highest BCUT2D eigenvalue weighted by atomic mass is 35.5. The Morgan fingerprint density at radius 1 is 1.17 bits per heavy atom. The molecule has 3 aromatic rings. The summed E-state index contributed by atoms with van der Waals surface area (Å²) in [6.45, 7) is 4.36. The number of carbonyl (C=O) groups is 1. The minimum absolute atomic E-state index is 0.212. The molecule has 122 valence electrons. The van der Waals surface area contributed by atoms with Crippen LogP contribution in [0.2, 0.25) is 5.02 Å². The lowest BCUT2D eigenvalue weighted by Gasteiger charge is -2.09. The number of rotatable bonds is 4. The van der Waals surface area contributed by atoms with Crippen molar-refractivity contribution in [3.63, 3.8) is 0 Å². The van der Waals surface area contributed by atoms with Crippen LogP contribution in [-0.2, 0) is 6.42 Å². The standard InChI is InChI=1S/C20H18ClNO2/c1-12(2)10-13-6-8-14(9-7-13)18-11-16(20(23)24)15-4-3-5-17(21)19(15)22-18/h3-9,11-12H,10H2,1-2H3,(H,23,24). The van der Waals surface area contributed by atoms with Crippen LogP contribution in [0.3, 0.4) is 0 Å². The van der Waals surface area contributed by atoms with E-state index < -0.39 is 5.97 Å². The first-order valence-electron chi connectivity index (χ1n) is 7.87. The normalized spacial score (nSPS) is 11.2. The van der Waals surface area contributed by atoms with Crippen molar-refractivity contribution in [2.45, 2.75) is 20.3 Å². The summed E-state index contributed by atoms with van der Waals surface area (Å²) in [5.41, 5.74) is 3.48. The van der Waals surface area contributed by atoms with Crippen LogP contribution in [0.15, 0.2) is 48.5 Å². The molecule has 24 heavy (non-hydrogen) atoms. The fourth-order valence-corrected chi connectivity index (χ4v) is 3.04. The molecule has 1 N–H and O–H groups in total. The number of pyridine rings is 1. The Kier molecular flexibility index (Phi) is 4.54. The van der Waals surface area contributed by atoms with Crippen molar-refractivity contribution in [1.82, 2.24) is 4.98 Å². The number of aromatic carboxylic acids is 1. The van der Waals surface area contributed by atoms with Gasteiger partial charge in [0.1, 0.15) is 0 Å². The average Bonchev–Trinajstić information content (AvgIpc) is 2.54. The summed E-state index contributed by atoms with van der Waals surface area (Å²) in [6.07, 6.45) is 1.01. The Hall–Kier alpha value is -2.39.